The molecule has 0 saturated heterocycles. The zero-order chi connectivity index (χ0) is 9.56. The van der Waals surface area contributed by atoms with Crippen LogP contribution in [0.15, 0.2) is 11.3 Å². The molecule has 12 heavy (non-hydrogen) atoms. The van der Waals surface area contributed by atoms with E-state index in [1.165, 1.54) is 0 Å². The topological polar surface area (TPSA) is 76.2 Å². The van der Waals surface area contributed by atoms with Crippen molar-refractivity contribution in [3.8, 4) is 0 Å². The Morgan fingerprint density at radius 2 is 2.17 bits per heavy atom. The minimum Gasteiger partial charge on any atom is -0.462 e. The van der Waals surface area contributed by atoms with Gasteiger partial charge in [-0.2, -0.15) is 0 Å². The predicted octanol–water partition coefficient (Wildman–Crippen LogP) is 0.822. The summed E-state index contributed by atoms with van der Waals surface area (Å²) in [7, 11) is 0. The number of nitrogens with one attached hydrogen (secondary N) is 1. The quantitative estimate of drug-likeness (QED) is 0.372. The van der Waals surface area contributed by atoms with Crippen LogP contribution >= 0.6 is 0 Å². The third-order valence-electron chi connectivity index (χ3n) is 1.37. The van der Waals surface area contributed by atoms with Crippen LogP contribution in [0.25, 0.3) is 0 Å². The minimum atomic E-state index is -0.521. The maximum absolute atomic E-state index is 11.1. The molecule has 0 rings (SSSR count). The van der Waals surface area contributed by atoms with E-state index in [4.69, 9.17) is 11.1 Å². The zero-order valence-corrected chi connectivity index (χ0v) is 7.39. The molecule has 0 aliphatic rings. The number of hydrogen-bond donors (Lipinski definition) is 2. The lowest BCUT2D eigenvalue weighted by molar-refractivity contribution is -0.137. The number of rotatable bonds is 4. The van der Waals surface area contributed by atoms with Crippen molar-refractivity contribution >= 4 is 12.2 Å². The van der Waals surface area contributed by atoms with Crippen molar-refractivity contribution in [1.29, 1.82) is 5.41 Å². The highest BCUT2D eigenvalue weighted by Crippen LogP contribution is 2.02. The van der Waals surface area contributed by atoms with Crippen molar-refractivity contribution in [2.45, 2.75) is 20.3 Å². The molecule has 0 radical (unpaired) electrons. The van der Waals surface area contributed by atoms with E-state index >= 15 is 0 Å². The molecular weight excluding hydrogens is 156 g/mol. The van der Waals surface area contributed by atoms with Crippen LogP contribution in [0.4, 0.5) is 0 Å². The molecule has 0 spiro atoms. The summed E-state index contributed by atoms with van der Waals surface area (Å²) in [4.78, 5) is 11.1. The molecule has 0 aromatic rings. The Balaban J connectivity index is 4.55. The van der Waals surface area contributed by atoms with Gasteiger partial charge in [0.1, 0.15) is 0 Å². The second-order valence-electron chi connectivity index (χ2n) is 2.16. The summed E-state index contributed by atoms with van der Waals surface area (Å²) in [5.41, 5.74) is 6.03. The van der Waals surface area contributed by atoms with E-state index in [2.05, 4.69) is 4.74 Å². The molecule has 0 aromatic heterocycles. The molecule has 0 aliphatic heterocycles. The van der Waals surface area contributed by atoms with Gasteiger partial charge >= 0.3 is 5.97 Å². The first-order valence-electron chi connectivity index (χ1n) is 3.83. The number of carbonyl (C=O) groups is 1. The van der Waals surface area contributed by atoms with Gasteiger partial charge in [-0.3, -0.25) is 0 Å². The van der Waals surface area contributed by atoms with Crippen molar-refractivity contribution in [2.24, 2.45) is 5.73 Å². The van der Waals surface area contributed by atoms with E-state index in [1.807, 2.05) is 6.92 Å². The minimum absolute atomic E-state index is 0.152. The summed E-state index contributed by atoms with van der Waals surface area (Å²) in [6.45, 7) is 3.83. The maximum atomic E-state index is 11.1. The van der Waals surface area contributed by atoms with Crippen LogP contribution in [0.3, 0.4) is 0 Å². The fraction of sp³-hybridized carbons (Fsp3) is 0.500. The van der Waals surface area contributed by atoms with Crippen LogP contribution in [-0.2, 0) is 9.53 Å². The number of hydrogen-bond acceptors (Lipinski definition) is 4. The van der Waals surface area contributed by atoms with Crippen LogP contribution in [-0.4, -0.2) is 18.8 Å². The fourth-order valence-corrected chi connectivity index (χ4v) is 0.682. The molecule has 0 fully saturated rings. The smallest absolute Gasteiger partial charge is 0.341 e. The SMILES string of the molecule is CCOC(=O)/C(C=N)=C(/N)CC. The lowest BCUT2D eigenvalue weighted by Gasteiger charge is -2.04. The van der Waals surface area contributed by atoms with Gasteiger partial charge < -0.3 is 15.9 Å². The van der Waals surface area contributed by atoms with Crippen molar-refractivity contribution in [1.82, 2.24) is 0 Å². The first kappa shape index (κ1) is 10.7. The van der Waals surface area contributed by atoms with Crippen molar-refractivity contribution in [3.63, 3.8) is 0 Å². The van der Waals surface area contributed by atoms with Gasteiger partial charge in [0.15, 0.2) is 0 Å². The Hall–Kier alpha value is -1.32. The molecule has 0 aliphatic carbocycles. The van der Waals surface area contributed by atoms with Gasteiger partial charge in [-0.15, -0.1) is 0 Å². The van der Waals surface area contributed by atoms with Crippen molar-refractivity contribution in [2.75, 3.05) is 6.61 Å². The molecule has 4 heteroatoms. The van der Waals surface area contributed by atoms with Crippen LogP contribution in [0, 0.1) is 5.41 Å². The van der Waals surface area contributed by atoms with E-state index in [-0.39, 0.29) is 5.57 Å². The number of carbonyl (C=O) groups excluding carboxylic acids is 1. The van der Waals surface area contributed by atoms with E-state index in [0.717, 1.165) is 6.21 Å². The third kappa shape index (κ3) is 2.74. The van der Waals surface area contributed by atoms with Gasteiger partial charge in [0.05, 0.1) is 12.2 Å². The highest BCUT2D eigenvalue weighted by Gasteiger charge is 2.10. The van der Waals surface area contributed by atoms with Crippen LogP contribution in [0.5, 0.6) is 0 Å². The monoisotopic (exact) mass is 170 g/mol. The van der Waals surface area contributed by atoms with Gasteiger partial charge in [0.2, 0.25) is 0 Å². The van der Waals surface area contributed by atoms with Crippen LogP contribution in [0.2, 0.25) is 0 Å². The molecule has 0 amide bonds. The highest BCUT2D eigenvalue weighted by molar-refractivity contribution is 6.09. The average Bonchev–Trinajstić information content (AvgIpc) is 2.06. The van der Waals surface area contributed by atoms with E-state index in [9.17, 15) is 4.79 Å². The zero-order valence-electron chi connectivity index (χ0n) is 7.39. The summed E-state index contributed by atoms with van der Waals surface area (Å²) < 4.78 is 4.69. The normalized spacial score (nSPS) is 11.8. The summed E-state index contributed by atoms with van der Waals surface area (Å²) >= 11 is 0. The Morgan fingerprint density at radius 1 is 1.58 bits per heavy atom. The Labute approximate surface area is 71.9 Å². The summed E-state index contributed by atoms with van der Waals surface area (Å²) in [6.07, 6.45) is 1.47. The molecule has 0 atom stereocenters. The molecule has 0 aromatic carbocycles. The maximum Gasteiger partial charge on any atom is 0.341 e. The van der Waals surface area contributed by atoms with E-state index in [1.54, 1.807) is 6.92 Å². The molecule has 3 N–H and O–H groups in total. The number of allylic oxidation sites excluding steroid dienone is 1. The lowest BCUT2D eigenvalue weighted by atomic mass is 10.2. The Bertz CT molecular complexity index is 209. The standard InChI is InChI=1S/C8H14N2O2/c1-3-7(10)6(5-9)8(11)12-4-2/h5,9H,3-4,10H2,1-2H3/b7-6+,9-5?. The lowest BCUT2D eigenvalue weighted by Crippen LogP contribution is -2.14. The third-order valence-corrected chi connectivity index (χ3v) is 1.37. The Kier molecular flexibility index (Phi) is 4.76. The van der Waals surface area contributed by atoms with Gasteiger partial charge in [0.25, 0.3) is 0 Å². The van der Waals surface area contributed by atoms with Crippen LogP contribution < -0.4 is 5.73 Å². The number of nitrogens with two attached hydrogens (primary N) is 1. The van der Waals surface area contributed by atoms with Gasteiger partial charge in [-0.1, -0.05) is 6.92 Å². The largest absolute Gasteiger partial charge is 0.462 e. The predicted molar refractivity (Wildman–Crippen MR) is 46.9 cm³/mol. The average molecular weight is 170 g/mol. The highest BCUT2D eigenvalue weighted by atomic mass is 16.5. The van der Waals surface area contributed by atoms with Crippen LogP contribution in [0.1, 0.15) is 20.3 Å². The van der Waals surface area contributed by atoms with Gasteiger partial charge in [-0.25, -0.2) is 4.79 Å². The van der Waals surface area contributed by atoms with Crippen molar-refractivity contribution in [3.05, 3.63) is 11.3 Å². The number of esters is 1. The molecule has 0 bridgehead atoms. The summed E-state index contributed by atoms with van der Waals surface area (Å²) in [5.74, 6) is -0.521. The first-order valence-corrected chi connectivity index (χ1v) is 3.83. The second kappa shape index (κ2) is 5.35. The summed E-state index contributed by atoms with van der Waals surface area (Å²) in [5, 5.41) is 6.94. The van der Waals surface area contributed by atoms with Gasteiger partial charge in [-0.05, 0) is 13.3 Å². The van der Waals surface area contributed by atoms with E-state index in [0.29, 0.717) is 18.7 Å². The molecule has 68 valence electrons. The molecule has 4 nitrogen and oxygen atoms in total. The molecule has 0 unspecified atom stereocenters. The molecular formula is C8H14N2O2. The molecule has 0 heterocycles. The van der Waals surface area contributed by atoms with E-state index < -0.39 is 5.97 Å². The second-order valence-corrected chi connectivity index (χ2v) is 2.16. The number of ether oxygens (including phenoxy) is 1. The first-order chi connectivity index (χ1) is 5.67. The fourth-order valence-electron chi connectivity index (χ4n) is 0.682. The Morgan fingerprint density at radius 3 is 2.50 bits per heavy atom. The van der Waals surface area contributed by atoms with Crippen molar-refractivity contribution < 1.29 is 9.53 Å². The molecule has 0 saturated carbocycles. The summed E-state index contributed by atoms with van der Waals surface area (Å²) in [6, 6.07) is 0. The van der Waals surface area contributed by atoms with Gasteiger partial charge in [0, 0.05) is 11.9 Å².